The van der Waals surface area contributed by atoms with Crippen molar-refractivity contribution in [3.63, 3.8) is 0 Å². The molecule has 5 heteroatoms. The molecule has 4 nitrogen and oxygen atoms in total. The number of benzene rings is 1. The number of thioether (sulfide) groups is 1. The van der Waals surface area contributed by atoms with Crippen LogP contribution in [0.4, 0.5) is 5.69 Å². The molecule has 1 rings (SSSR count). The lowest BCUT2D eigenvalue weighted by Gasteiger charge is -2.17. The predicted octanol–water partition coefficient (Wildman–Crippen LogP) is 2.51. The first-order valence-electron chi connectivity index (χ1n) is 6.05. The minimum Gasteiger partial charge on any atom is -0.347 e. The highest BCUT2D eigenvalue weighted by Gasteiger charge is 2.21. The van der Waals surface area contributed by atoms with Crippen LogP contribution in [0.1, 0.15) is 20.8 Å². The molecule has 0 radical (unpaired) electrons. The minimum atomic E-state index is -0.486. The summed E-state index contributed by atoms with van der Waals surface area (Å²) in [5, 5.41) is 5.35. The highest BCUT2D eigenvalue weighted by Crippen LogP contribution is 2.17. The van der Waals surface area contributed by atoms with Crippen LogP contribution in [0, 0.1) is 5.41 Å². The van der Waals surface area contributed by atoms with Crippen LogP contribution in [0.5, 0.6) is 0 Å². The van der Waals surface area contributed by atoms with Crippen molar-refractivity contribution in [2.24, 2.45) is 5.41 Å². The largest absolute Gasteiger partial charge is 0.347 e. The fraction of sp³-hybridized carbons (Fsp3) is 0.429. The quantitative estimate of drug-likeness (QED) is 0.833. The number of rotatable bonds is 4. The van der Waals surface area contributed by atoms with Crippen LogP contribution >= 0.6 is 11.8 Å². The molecule has 0 saturated carbocycles. The van der Waals surface area contributed by atoms with Gasteiger partial charge in [-0.1, -0.05) is 20.8 Å². The number of nitrogens with one attached hydrogen (secondary N) is 2. The Labute approximate surface area is 118 Å². The topological polar surface area (TPSA) is 58.2 Å². The van der Waals surface area contributed by atoms with Gasteiger partial charge in [-0.05, 0) is 30.5 Å². The number of amides is 2. The SMILES string of the molecule is CSc1ccc(NC(=O)CNC(=O)C(C)(C)C)cc1. The molecule has 0 unspecified atom stereocenters. The average molecular weight is 280 g/mol. The molecule has 0 fully saturated rings. The van der Waals surface area contributed by atoms with Crippen LogP contribution in [0.2, 0.25) is 0 Å². The van der Waals surface area contributed by atoms with Gasteiger partial charge in [0, 0.05) is 16.0 Å². The highest BCUT2D eigenvalue weighted by atomic mass is 32.2. The summed E-state index contributed by atoms with van der Waals surface area (Å²) in [5.41, 5.74) is 0.244. The van der Waals surface area contributed by atoms with E-state index in [1.165, 1.54) is 0 Å². The molecule has 0 saturated heterocycles. The molecule has 2 N–H and O–H groups in total. The van der Waals surface area contributed by atoms with Gasteiger partial charge in [0.1, 0.15) is 0 Å². The van der Waals surface area contributed by atoms with Crippen molar-refractivity contribution in [1.82, 2.24) is 5.32 Å². The lowest BCUT2D eigenvalue weighted by molar-refractivity contribution is -0.130. The summed E-state index contributed by atoms with van der Waals surface area (Å²) in [7, 11) is 0. The second kappa shape index (κ2) is 6.61. The van der Waals surface area contributed by atoms with E-state index in [9.17, 15) is 9.59 Å². The summed E-state index contributed by atoms with van der Waals surface area (Å²) in [6.45, 7) is 5.41. The van der Waals surface area contributed by atoms with E-state index in [1.54, 1.807) is 32.5 Å². The number of carbonyl (C=O) groups excluding carboxylic acids is 2. The van der Waals surface area contributed by atoms with Crippen LogP contribution in [-0.2, 0) is 9.59 Å². The molecule has 0 aliphatic rings. The van der Waals surface area contributed by atoms with Gasteiger partial charge in [-0.2, -0.15) is 0 Å². The molecule has 1 aromatic carbocycles. The Morgan fingerprint density at radius 2 is 1.74 bits per heavy atom. The van der Waals surface area contributed by atoms with Gasteiger partial charge in [0.2, 0.25) is 11.8 Å². The Kier molecular flexibility index (Phi) is 5.42. The van der Waals surface area contributed by atoms with Gasteiger partial charge in [-0.25, -0.2) is 0 Å². The first-order chi connectivity index (χ1) is 8.82. The fourth-order valence-electron chi connectivity index (χ4n) is 1.31. The number of hydrogen-bond donors (Lipinski definition) is 2. The van der Waals surface area contributed by atoms with Crippen LogP contribution in [0.25, 0.3) is 0 Å². The first-order valence-corrected chi connectivity index (χ1v) is 7.27. The van der Waals surface area contributed by atoms with Crippen molar-refractivity contribution in [2.45, 2.75) is 25.7 Å². The van der Waals surface area contributed by atoms with Gasteiger partial charge < -0.3 is 10.6 Å². The molecule has 0 heterocycles. The molecule has 19 heavy (non-hydrogen) atoms. The van der Waals surface area contributed by atoms with Crippen molar-refractivity contribution in [3.05, 3.63) is 24.3 Å². The maximum absolute atomic E-state index is 11.7. The maximum Gasteiger partial charge on any atom is 0.243 e. The van der Waals surface area contributed by atoms with Crippen LogP contribution in [0.15, 0.2) is 29.2 Å². The second-order valence-electron chi connectivity index (χ2n) is 5.21. The van der Waals surface area contributed by atoms with Crippen LogP contribution < -0.4 is 10.6 Å². The number of carbonyl (C=O) groups is 2. The Morgan fingerprint density at radius 3 is 2.21 bits per heavy atom. The summed E-state index contributed by atoms with van der Waals surface area (Å²) < 4.78 is 0. The minimum absolute atomic E-state index is 0.0135. The van der Waals surface area contributed by atoms with Gasteiger partial charge >= 0.3 is 0 Å². The van der Waals surface area contributed by atoms with E-state index in [4.69, 9.17) is 0 Å². The number of hydrogen-bond acceptors (Lipinski definition) is 3. The van der Waals surface area contributed by atoms with Crippen molar-refractivity contribution >= 4 is 29.3 Å². The van der Waals surface area contributed by atoms with Gasteiger partial charge in [-0.15, -0.1) is 11.8 Å². The summed E-state index contributed by atoms with van der Waals surface area (Å²) in [5.74, 6) is -0.366. The summed E-state index contributed by atoms with van der Waals surface area (Å²) >= 11 is 1.64. The van der Waals surface area contributed by atoms with Gasteiger partial charge in [0.15, 0.2) is 0 Å². The molecule has 104 valence electrons. The van der Waals surface area contributed by atoms with Gasteiger partial charge in [0.25, 0.3) is 0 Å². The standard InChI is InChI=1S/C14H20N2O2S/c1-14(2,3)13(18)15-9-12(17)16-10-5-7-11(19-4)8-6-10/h5-8H,9H2,1-4H3,(H,15,18)(H,16,17). The normalized spacial score (nSPS) is 10.9. The monoisotopic (exact) mass is 280 g/mol. The van der Waals surface area contributed by atoms with E-state index < -0.39 is 5.41 Å². The highest BCUT2D eigenvalue weighted by molar-refractivity contribution is 7.98. The number of anilines is 1. The summed E-state index contributed by atoms with van der Waals surface area (Å²) in [6.07, 6.45) is 2.00. The third kappa shape index (κ3) is 5.34. The van der Waals surface area contributed by atoms with Crippen LogP contribution in [0.3, 0.4) is 0 Å². The Morgan fingerprint density at radius 1 is 1.16 bits per heavy atom. The zero-order valence-electron chi connectivity index (χ0n) is 11.7. The van der Waals surface area contributed by atoms with Crippen molar-refractivity contribution in [2.75, 3.05) is 18.1 Å². The zero-order valence-corrected chi connectivity index (χ0v) is 12.6. The van der Waals surface area contributed by atoms with E-state index in [0.717, 1.165) is 10.6 Å². The van der Waals surface area contributed by atoms with E-state index in [0.29, 0.717) is 0 Å². The Bertz CT molecular complexity index is 450. The molecule has 0 aliphatic carbocycles. The Hall–Kier alpha value is -1.49. The molecule has 0 aromatic heterocycles. The molecule has 0 atom stereocenters. The van der Waals surface area contributed by atoms with Crippen molar-refractivity contribution in [1.29, 1.82) is 0 Å². The second-order valence-corrected chi connectivity index (χ2v) is 6.09. The van der Waals surface area contributed by atoms with E-state index in [2.05, 4.69) is 10.6 Å². The van der Waals surface area contributed by atoms with E-state index >= 15 is 0 Å². The first kappa shape index (κ1) is 15.6. The molecule has 0 spiro atoms. The molecule has 0 aliphatic heterocycles. The molecular formula is C14H20N2O2S. The molecule has 0 bridgehead atoms. The Balaban J connectivity index is 2.45. The van der Waals surface area contributed by atoms with Gasteiger partial charge in [-0.3, -0.25) is 9.59 Å². The predicted molar refractivity (Wildman–Crippen MR) is 79.3 cm³/mol. The smallest absolute Gasteiger partial charge is 0.243 e. The third-order valence-corrected chi connectivity index (χ3v) is 3.21. The van der Waals surface area contributed by atoms with E-state index in [1.807, 2.05) is 30.5 Å². The summed E-state index contributed by atoms with van der Waals surface area (Å²) in [4.78, 5) is 24.4. The van der Waals surface area contributed by atoms with Crippen molar-refractivity contribution < 1.29 is 9.59 Å². The lowest BCUT2D eigenvalue weighted by Crippen LogP contribution is -2.39. The summed E-state index contributed by atoms with van der Waals surface area (Å²) in [6, 6.07) is 7.56. The molecular weight excluding hydrogens is 260 g/mol. The van der Waals surface area contributed by atoms with Crippen LogP contribution in [-0.4, -0.2) is 24.6 Å². The average Bonchev–Trinajstić information content (AvgIpc) is 2.35. The molecule has 1 aromatic rings. The van der Waals surface area contributed by atoms with Gasteiger partial charge in [0.05, 0.1) is 6.54 Å². The van der Waals surface area contributed by atoms with Crippen molar-refractivity contribution in [3.8, 4) is 0 Å². The molecule has 2 amide bonds. The zero-order chi connectivity index (χ0) is 14.5. The lowest BCUT2D eigenvalue weighted by atomic mass is 9.96. The fourth-order valence-corrected chi connectivity index (χ4v) is 1.71. The third-order valence-electron chi connectivity index (χ3n) is 2.46. The van der Waals surface area contributed by atoms with E-state index in [-0.39, 0.29) is 18.4 Å². The maximum atomic E-state index is 11.7.